The fourth-order valence-corrected chi connectivity index (χ4v) is 3.60. The van der Waals surface area contributed by atoms with E-state index in [1.54, 1.807) is 35.4 Å². The third-order valence-corrected chi connectivity index (χ3v) is 5.15. The van der Waals surface area contributed by atoms with Gasteiger partial charge in [0.05, 0.1) is 18.4 Å². The summed E-state index contributed by atoms with van der Waals surface area (Å²) in [6, 6.07) is 7.31. The fraction of sp³-hybridized carbons (Fsp3) is 0.455. The van der Waals surface area contributed by atoms with Crippen LogP contribution in [-0.4, -0.2) is 49.4 Å². The van der Waals surface area contributed by atoms with Crippen molar-refractivity contribution in [2.24, 2.45) is 0 Å². The number of carbonyl (C=O) groups excluding carboxylic acids is 2. The molecule has 0 saturated carbocycles. The maximum Gasteiger partial charge on any atom is 0.253 e. The third-order valence-electron chi connectivity index (χ3n) is 5.15. The lowest BCUT2D eigenvalue weighted by Crippen LogP contribution is -2.30. The van der Waals surface area contributed by atoms with E-state index in [9.17, 15) is 9.59 Å². The van der Waals surface area contributed by atoms with Crippen molar-refractivity contribution in [1.82, 2.24) is 24.5 Å². The highest BCUT2D eigenvalue weighted by molar-refractivity contribution is 5.97. The average molecular weight is 411 g/mol. The lowest BCUT2D eigenvalue weighted by atomic mass is 10.1. The van der Waals surface area contributed by atoms with Gasteiger partial charge in [-0.3, -0.25) is 19.0 Å². The van der Waals surface area contributed by atoms with Gasteiger partial charge < -0.3 is 10.2 Å². The maximum atomic E-state index is 12.5. The van der Waals surface area contributed by atoms with E-state index >= 15 is 0 Å². The number of rotatable bonds is 8. The summed E-state index contributed by atoms with van der Waals surface area (Å²) in [5.74, 6) is -0.160. The molecule has 160 valence electrons. The van der Waals surface area contributed by atoms with Gasteiger partial charge in [-0.25, -0.2) is 0 Å². The Kier molecular flexibility index (Phi) is 6.54. The molecule has 1 aromatic carbocycles. The zero-order valence-corrected chi connectivity index (χ0v) is 18.3. The van der Waals surface area contributed by atoms with Crippen LogP contribution in [0.25, 0.3) is 11.0 Å². The molecule has 2 amide bonds. The average Bonchev–Trinajstić information content (AvgIpc) is 3.28. The molecule has 3 rings (SSSR count). The molecule has 0 unspecified atom stereocenters. The molecule has 2 heterocycles. The largest absolute Gasteiger partial charge is 0.339 e. The zero-order chi connectivity index (χ0) is 21.8. The Morgan fingerprint density at radius 2 is 1.93 bits per heavy atom. The van der Waals surface area contributed by atoms with Crippen molar-refractivity contribution in [3.8, 4) is 0 Å². The van der Waals surface area contributed by atoms with Crippen molar-refractivity contribution >= 4 is 28.5 Å². The Bertz CT molecular complexity index is 1050. The van der Waals surface area contributed by atoms with E-state index in [1.807, 2.05) is 30.1 Å². The normalized spacial score (nSPS) is 11.3. The van der Waals surface area contributed by atoms with E-state index < -0.39 is 0 Å². The van der Waals surface area contributed by atoms with Gasteiger partial charge in [0.1, 0.15) is 11.0 Å². The topological polar surface area (TPSA) is 85.1 Å². The van der Waals surface area contributed by atoms with Gasteiger partial charge in [0.15, 0.2) is 0 Å². The number of nitrogens with zero attached hydrogens (tertiary/aromatic N) is 5. The minimum absolute atomic E-state index is 0.0346. The van der Waals surface area contributed by atoms with Crippen LogP contribution in [0, 0.1) is 6.92 Å². The summed E-state index contributed by atoms with van der Waals surface area (Å²) in [7, 11) is 0. The number of anilines is 1. The molecule has 30 heavy (non-hydrogen) atoms. The first-order valence-corrected chi connectivity index (χ1v) is 10.5. The molecule has 0 radical (unpaired) electrons. The number of hydrogen-bond donors (Lipinski definition) is 1. The molecule has 2 aromatic heterocycles. The second-order valence-corrected chi connectivity index (χ2v) is 7.58. The molecule has 8 nitrogen and oxygen atoms in total. The SMILES string of the molecule is CCN(CC)C(=O)c1cccc(NC(=O)CCn2ncc3c2c(C)nn3C(C)C)c1. The predicted molar refractivity (Wildman–Crippen MR) is 118 cm³/mol. The first-order chi connectivity index (χ1) is 14.3. The highest BCUT2D eigenvalue weighted by atomic mass is 16.2. The van der Waals surface area contributed by atoms with Gasteiger partial charge in [-0.05, 0) is 52.8 Å². The maximum absolute atomic E-state index is 12.5. The first-order valence-electron chi connectivity index (χ1n) is 10.5. The summed E-state index contributed by atoms with van der Waals surface area (Å²) < 4.78 is 3.78. The highest BCUT2D eigenvalue weighted by Gasteiger charge is 2.16. The number of fused-ring (bicyclic) bond motifs is 1. The quantitative estimate of drug-likeness (QED) is 0.614. The van der Waals surface area contributed by atoms with E-state index in [-0.39, 0.29) is 24.3 Å². The van der Waals surface area contributed by atoms with Crippen LogP contribution >= 0.6 is 0 Å². The van der Waals surface area contributed by atoms with Crippen molar-refractivity contribution in [2.75, 3.05) is 18.4 Å². The molecule has 0 spiro atoms. The lowest BCUT2D eigenvalue weighted by molar-refractivity contribution is -0.116. The van der Waals surface area contributed by atoms with Crippen molar-refractivity contribution in [1.29, 1.82) is 0 Å². The van der Waals surface area contributed by atoms with Crippen LogP contribution in [0.15, 0.2) is 30.5 Å². The van der Waals surface area contributed by atoms with Crippen molar-refractivity contribution < 1.29 is 9.59 Å². The predicted octanol–water partition coefficient (Wildman–Crippen LogP) is 3.63. The van der Waals surface area contributed by atoms with E-state index in [1.165, 1.54) is 0 Å². The monoisotopic (exact) mass is 410 g/mol. The molecule has 0 aliphatic carbocycles. The minimum atomic E-state index is -0.125. The molecule has 3 aromatic rings. The summed E-state index contributed by atoms with van der Waals surface area (Å²) in [5.41, 5.74) is 4.03. The molecule has 1 N–H and O–H groups in total. The van der Waals surface area contributed by atoms with Gasteiger partial charge >= 0.3 is 0 Å². The number of carbonyl (C=O) groups is 2. The van der Waals surface area contributed by atoms with Gasteiger partial charge in [0.25, 0.3) is 5.91 Å². The smallest absolute Gasteiger partial charge is 0.253 e. The molecule has 0 bridgehead atoms. The van der Waals surface area contributed by atoms with Crippen LogP contribution in [0.5, 0.6) is 0 Å². The minimum Gasteiger partial charge on any atom is -0.339 e. The summed E-state index contributed by atoms with van der Waals surface area (Å²) in [6.07, 6.45) is 2.08. The summed E-state index contributed by atoms with van der Waals surface area (Å²) in [4.78, 5) is 26.8. The number of aromatic nitrogens is 4. The Morgan fingerprint density at radius 3 is 2.60 bits per heavy atom. The number of amides is 2. The lowest BCUT2D eigenvalue weighted by Gasteiger charge is -2.19. The van der Waals surface area contributed by atoms with Gasteiger partial charge in [-0.2, -0.15) is 10.2 Å². The highest BCUT2D eigenvalue weighted by Crippen LogP contribution is 2.21. The van der Waals surface area contributed by atoms with Crippen LogP contribution in [0.1, 0.15) is 56.2 Å². The molecule has 0 atom stereocenters. The molecule has 0 fully saturated rings. The molecular weight excluding hydrogens is 380 g/mol. The van der Waals surface area contributed by atoms with Crippen molar-refractivity contribution in [2.45, 2.75) is 53.6 Å². The van der Waals surface area contributed by atoms with Crippen LogP contribution in [0.2, 0.25) is 0 Å². The number of hydrogen-bond acceptors (Lipinski definition) is 4. The first kappa shape index (κ1) is 21.5. The third kappa shape index (κ3) is 4.37. The van der Waals surface area contributed by atoms with E-state index in [4.69, 9.17) is 0 Å². The number of benzene rings is 1. The van der Waals surface area contributed by atoms with Gasteiger partial charge in [-0.15, -0.1) is 0 Å². The van der Waals surface area contributed by atoms with Crippen LogP contribution in [0.3, 0.4) is 0 Å². The summed E-state index contributed by atoms with van der Waals surface area (Å²) in [6.45, 7) is 11.8. The van der Waals surface area contributed by atoms with E-state index in [0.717, 1.165) is 16.7 Å². The molecular formula is C22H30N6O2. The Balaban J connectivity index is 1.66. The fourth-order valence-electron chi connectivity index (χ4n) is 3.60. The molecule has 0 saturated heterocycles. The Morgan fingerprint density at radius 1 is 1.20 bits per heavy atom. The second kappa shape index (κ2) is 9.11. The Labute approximate surface area is 176 Å². The zero-order valence-electron chi connectivity index (χ0n) is 18.3. The second-order valence-electron chi connectivity index (χ2n) is 7.58. The van der Waals surface area contributed by atoms with Crippen molar-refractivity contribution in [3.63, 3.8) is 0 Å². The van der Waals surface area contributed by atoms with Crippen LogP contribution in [-0.2, 0) is 11.3 Å². The van der Waals surface area contributed by atoms with E-state index in [2.05, 4.69) is 29.4 Å². The molecule has 8 heteroatoms. The Hall–Kier alpha value is -3.16. The number of nitrogens with one attached hydrogen (secondary N) is 1. The summed E-state index contributed by atoms with van der Waals surface area (Å²) >= 11 is 0. The standard InChI is InChI=1S/C22H30N6O2/c1-6-26(7-2)22(30)17-9-8-10-18(13-17)24-20(29)11-12-27-21-16(5)25-28(15(3)4)19(21)14-23-27/h8-10,13-15H,6-7,11-12H2,1-5H3,(H,24,29). The van der Waals surface area contributed by atoms with Gasteiger partial charge in [0, 0.05) is 36.8 Å². The van der Waals surface area contributed by atoms with E-state index in [0.29, 0.717) is 30.9 Å². The van der Waals surface area contributed by atoms with Crippen LogP contribution < -0.4 is 5.32 Å². The number of aryl methyl sites for hydroxylation is 2. The summed E-state index contributed by atoms with van der Waals surface area (Å²) in [5, 5.41) is 11.9. The van der Waals surface area contributed by atoms with Crippen molar-refractivity contribution in [3.05, 3.63) is 41.7 Å². The van der Waals surface area contributed by atoms with Gasteiger partial charge in [-0.1, -0.05) is 6.07 Å². The molecule has 0 aliphatic rings. The van der Waals surface area contributed by atoms with Gasteiger partial charge in [0.2, 0.25) is 5.91 Å². The molecule has 0 aliphatic heterocycles. The van der Waals surface area contributed by atoms with Crippen LogP contribution in [0.4, 0.5) is 5.69 Å².